The van der Waals surface area contributed by atoms with Gasteiger partial charge >= 0.3 is 0 Å². The summed E-state index contributed by atoms with van der Waals surface area (Å²) >= 11 is 0. The molecule has 0 fully saturated rings. The van der Waals surface area contributed by atoms with Crippen LogP contribution in [-0.2, 0) is 0 Å². The van der Waals surface area contributed by atoms with Crippen LogP contribution in [0.2, 0.25) is 0 Å². The summed E-state index contributed by atoms with van der Waals surface area (Å²) in [4.78, 5) is 7.14. The zero-order valence-electron chi connectivity index (χ0n) is 20.1. The maximum atomic E-state index is 4.79. The van der Waals surface area contributed by atoms with Gasteiger partial charge in [0.25, 0.3) is 0 Å². The molecule has 2 atom stereocenters. The second kappa shape index (κ2) is 10.0. The van der Waals surface area contributed by atoms with Crippen LogP contribution < -0.4 is 4.90 Å². The predicted molar refractivity (Wildman–Crippen MR) is 141 cm³/mol. The quantitative estimate of drug-likeness (QED) is 0.347. The first-order chi connectivity index (χ1) is 16.0. The third kappa shape index (κ3) is 4.71. The molecule has 0 radical (unpaired) electrons. The van der Waals surface area contributed by atoms with Crippen molar-refractivity contribution in [2.45, 2.75) is 34.1 Å². The zero-order valence-corrected chi connectivity index (χ0v) is 20.1. The third-order valence-corrected chi connectivity index (χ3v) is 7.01. The second-order valence-electron chi connectivity index (χ2n) is 9.26. The van der Waals surface area contributed by atoms with Crippen molar-refractivity contribution >= 4 is 16.9 Å². The van der Waals surface area contributed by atoms with E-state index in [1.165, 1.54) is 11.3 Å². The number of anilines is 2. The Balaban J connectivity index is 1.86. The molecule has 4 rings (SSSR count). The van der Waals surface area contributed by atoms with E-state index in [1.807, 2.05) is 12.3 Å². The van der Waals surface area contributed by atoms with Gasteiger partial charge in [-0.15, -0.1) is 0 Å². The number of hydrogen-bond donors (Lipinski definition) is 0. The molecule has 2 unspecified atom stereocenters. The van der Waals surface area contributed by atoms with E-state index in [4.69, 9.17) is 4.98 Å². The van der Waals surface area contributed by atoms with E-state index in [2.05, 4.69) is 130 Å². The Bertz CT molecular complexity index is 1090. The first kappa shape index (κ1) is 22.8. The van der Waals surface area contributed by atoms with Gasteiger partial charge in [-0.2, -0.15) is 0 Å². The average Bonchev–Trinajstić information content (AvgIpc) is 2.86. The lowest BCUT2D eigenvalue weighted by atomic mass is 9.63. The topological polar surface area (TPSA) is 16.1 Å². The molecule has 2 aromatic carbocycles. The van der Waals surface area contributed by atoms with Crippen LogP contribution in [0.15, 0.2) is 115 Å². The van der Waals surface area contributed by atoms with E-state index in [0.717, 1.165) is 23.5 Å². The lowest BCUT2D eigenvalue weighted by Gasteiger charge is -2.42. The van der Waals surface area contributed by atoms with Crippen LogP contribution in [0.25, 0.3) is 5.57 Å². The molecular formula is C31H34N2. The minimum atomic E-state index is 0.0322. The van der Waals surface area contributed by atoms with E-state index in [0.29, 0.717) is 11.8 Å². The first-order valence-corrected chi connectivity index (χ1v) is 11.9. The number of aromatic nitrogens is 1. The number of rotatable bonds is 7. The maximum absolute atomic E-state index is 4.79. The predicted octanol–water partition coefficient (Wildman–Crippen LogP) is 8.45. The lowest BCUT2D eigenvalue weighted by Crippen LogP contribution is -2.33. The van der Waals surface area contributed by atoms with Crippen LogP contribution in [-0.4, -0.2) is 4.98 Å². The molecule has 168 valence electrons. The molecule has 1 aromatic heterocycles. The van der Waals surface area contributed by atoms with E-state index >= 15 is 0 Å². The Labute approximate surface area is 199 Å². The number of nitrogens with zero attached hydrogens (tertiary/aromatic N) is 2. The Morgan fingerprint density at radius 2 is 1.52 bits per heavy atom. The smallest absolute Gasteiger partial charge is 0.0665 e. The molecule has 0 N–H and O–H groups in total. The second-order valence-corrected chi connectivity index (χ2v) is 9.26. The van der Waals surface area contributed by atoms with Crippen molar-refractivity contribution in [3.05, 3.63) is 121 Å². The highest BCUT2D eigenvalue weighted by atomic mass is 15.1. The van der Waals surface area contributed by atoms with Crippen molar-refractivity contribution in [2.24, 2.45) is 17.3 Å². The van der Waals surface area contributed by atoms with Crippen LogP contribution in [0, 0.1) is 17.3 Å². The molecule has 0 spiro atoms. The van der Waals surface area contributed by atoms with Crippen molar-refractivity contribution in [1.82, 2.24) is 4.98 Å². The molecule has 1 aliphatic rings. The fraction of sp³-hybridized carbons (Fsp3) is 0.258. The summed E-state index contributed by atoms with van der Waals surface area (Å²) in [6.07, 6.45) is 12.2. The monoisotopic (exact) mass is 434 g/mol. The van der Waals surface area contributed by atoms with Gasteiger partial charge in [0.15, 0.2) is 0 Å². The Morgan fingerprint density at radius 3 is 2.03 bits per heavy atom. The summed E-state index contributed by atoms with van der Waals surface area (Å²) in [6, 6.07) is 27.5. The highest BCUT2D eigenvalue weighted by Crippen LogP contribution is 2.49. The summed E-state index contributed by atoms with van der Waals surface area (Å²) in [7, 11) is 0. The van der Waals surface area contributed by atoms with E-state index in [1.54, 1.807) is 0 Å². The van der Waals surface area contributed by atoms with Crippen molar-refractivity contribution in [2.75, 3.05) is 4.90 Å². The molecule has 2 nitrogen and oxygen atoms in total. The molecule has 33 heavy (non-hydrogen) atoms. The van der Waals surface area contributed by atoms with Gasteiger partial charge in [-0.1, -0.05) is 81.5 Å². The number of pyridine rings is 1. The number of benzene rings is 2. The number of hydrogen-bond acceptors (Lipinski definition) is 2. The molecule has 0 amide bonds. The highest BCUT2D eigenvalue weighted by Gasteiger charge is 2.39. The summed E-state index contributed by atoms with van der Waals surface area (Å²) in [5, 5.41) is 0. The lowest BCUT2D eigenvalue weighted by molar-refractivity contribution is 0.221. The Hall–Kier alpha value is -3.39. The van der Waals surface area contributed by atoms with Crippen LogP contribution in [0.1, 0.15) is 39.8 Å². The molecule has 0 aliphatic heterocycles. The van der Waals surface area contributed by atoms with Gasteiger partial charge in [0.05, 0.1) is 5.69 Å². The molecule has 0 saturated carbocycles. The van der Waals surface area contributed by atoms with Crippen molar-refractivity contribution in [1.29, 1.82) is 0 Å². The van der Waals surface area contributed by atoms with Crippen LogP contribution >= 0.6 is 0 Å². The molecule has 3 aromatic rings. The van der Waals surface area contributed by atoms with Gasteiger partial charge in [0.1, 0.15) is 0 Å². The number of para-hydroxylation sites is 2. The van der Waals surface area contributed by atoms with Crippen molar-refractivity contribution < 1.29 is 0 Å². The average molecular weight is 435 g/mol. The SMILES string of the molecule is CC=CC(C)(C(C)C)C1CC=C(N(c2ccccc2)c2ccccc2)C=C1c1ccccn1. The van der Waals surface area contributed by atoms with Crippen molar-refractivity contribution in [3.8, 4) is 0 Å². The first-order valence-electron chi connectivity index (χ1n) is 11.9. The van der Waals surface area contributed by atoms with Gasteiger partial charge in [-0.25, -0.2) is 0 Å². The standard InChI is InChI=1S/C31H34N2/c1-5-21-31(4,24(2)3)29-20-19-27(23-28(29)30-18-12-13-22-32-30)33(25-14-8-6-9-15-25)26-16-10-7-11-17-26/h5-19,21-24,29H,20H2,1-4H3. The summed E-state index contributed by atoms with van der Waals surface area (Å²) in [5.41, 5.74) is 5.90. The van der Waals surface area contributed by atoms with Crippen LogP contribution in [0.3, 0.4) is 0 Å². The molecule has 2 heteroatoms. The van der Waals surface area contributed by atoms with Gasteiger partial charge in [0, 0.05) is 23.3 Å². The molecule has 1 heterocycles. The maximum Gasteiger partial charge on any atom is 0.0665 e. The summed E-state index contributed by atoms with van der Waals surface area (Å²) in [6.45, 7) is 9.18. The van der Waals surface area contributed by atoms with Gasteiger partial charge in [-0.05, 0) is 78.6 Å². The molecule has 0 bridgehead atoms. The fourth-order valence-corrected chi connectivity index (χ4v) is 4.89. The summed E-state index contributed by atoms with van der Waals surface area (Å²) < 4.78 is 0. The van der Waals surface area contributed by atoms with Gasteiger partial charge in [0.2, 0.25) is 0 Å². The highest BCUT2D eigenvalue weighted by molar-refractivity contribution is 5.77. The molecule has 0 saturated heterocycles. The molecule has 1 aliphatic carbocycles. The van der Waals surface area contributed by atoms with E-state index in [-0.39, 0.29) is 5.41 Å². The van der Waals surface area contributed by atoms with Crippen LogP contribution in [0.5, 0.6) is 0 Å². The zero-order chi connectivity index (χ0) is 23.3. The van der Waals surface area contributed by atoms with Crippen molar-refractivity contribution in [3.63, 3.8) is 0 Å². The van der Waals surface area contributed by atoms with Gasteiger partial charge < -0.3 is 4.90 Å². The van der Waals surface area contributed by atoms with Gasteiger partial charge in [-0.3, -0.25) is 4.98 Å². The minimum absolute atomic E-state index is 0.0322. The van der Waals surface area contributed by atoms with E-state index < -0.39 is 0 Å². The normalized spacial score (nSPS) is 18.0. The van der Waals surface area contributed by atoms with Crippen LogP contribution in [0.4, 0.5) is 11.4 Å². The minimum Gasteiger partial charge on any atom is -0.311 e. The molecular weight excluding hydrogens is 400 g/mol. The fourth-order valence-electron chi connectivity index (χ4n) is 4.89. The summed E-state index contributed by atoms with van der Waals surface area (Å²) in [5.74, 6) is 0.848. The Morgan fingerprint density at radius 1 is 0.909 bits per heavy atom. The third-order valence-electron chi connectivity index (χ3n) is 7.01. The van der Waals surface area contributed by atoms with E-state index in [9.17, 15) is 0 Å². The Kier molecular flexibility index (Phi) is 6.93. The largest absolute Gasteiger partial charge is 0.311 e. The number of allylic oxidation sites excluding steroid dienone is 5.